The number of halogens is 2. The summed E-state index contributed by atoms with van der Waals surface area (Å²) >= 11 is 7.54. The summed E-state index contributed by atoms with van der Waals surface area (Å²) < 4.78 is 6.36. The molecule has 0 radical (unpaired) electrons. The summed E-state index contributed by atoms with van der Waals surface area (Å²) in [5.74, 6) is 2.24. The van der Waals surface area contributed by atoms with Crippen LogP contribution in [0, 0.1) is 13.8 Å². The first-order valence-electron chi connectivity index (χ1n) is 7.27. The van der Waals surface area contributed by atoms with E-state index in [2.05, 4.69) is 26.7 Å². The molecule has 0 spiro atoms. The minimum Gasteiger partial charge on any atom is -0.444 e. The number of hydrogen-bond donors (Lipinski definition) is 2. The van der Waals surface area contributed by atoms with Gasteiger partial charge in [0.25, 0.3) is 0 Å². The molecule has 128 valence electrons. The lowest BCUT2D eigenvalue weighted by atomic mass is 10.3. The van der Waals surface area contributed by atoms with Crippen molar-refractivity contribution in [3.8, 4) is 0 Å². The first kappa shape index (κ1) is 20.2. The van der Waals surface area contributed by atoms with E-state index in [1.807, 2.05) is 26.8 Å². The zero-order valence-corrected chi connectivity index (χ0v) is 17.4. The van der Waals surface area contributed by atoms with Crippen LogP contribution in [-0.4, -0.2) is 24.0 Å². The highest BCUT2D eigenvalue weighted by atomic mass is 127. The summed E-state index contributed by atoms with van der Waals surface area (Å²) in [5.41, 5.74) is 0.915. The molecule has 23 heavy (non-hydrogen) atoms. The van der Waals surface area contributed by atoms with Gasteiger partial charge in [0, 0.05) is 18.0 Å². The van der Waals surface area contributed by atoms with Gasteiger partial charge >= 0.3 is 0 Å². The van der Waals surface area contributed by atoms with E-state index in [-0.39, 0.29) is 24.0 Å². The van der Waals surface area contributed by atoms with Crippen molar-refractivity contribution < 1.29 is 4.42 Å². The van der Waals surface area contributed by atoms with Crippen LogP contribution in [0.5, 0.6) is 0 Å². The van der Waals surface area contributed by atoms with E-state index in [9.17, 15) is 0 Å². The van der Waals surface area contributed by atoms with Crippen molar-refractivity contribution in [1.82, 2.24) is 15.6 Å². The quantitative estimate of drug-likeness (QED) is 0.383. The van der Waals surface area contributed by atoms with Gasteiger partial charge in [-0.1, -0.05) is 11.6 Å². The van der Waals surface area contributed by atoms with Gasteiger partial charge in [0.1, 0.15) is 12.3 Å². The summed E-state index contributed by atoms with van der Waals surface area (Å²) in [6.07, 6.45) is 0.916. The predicted molar refractivity (Wildman–Crippen MR) is 107 cm³/mol. The van der Waals surface area contributed by atoms with Crippen LogP contribution < -0.4 is 10.6 Å². The van der Waals surface area contributed by atoms with Gasteiger partial charge in [-0.15, -0.1) is 35.3 Å². The van der Waals surface area contributed by atoms with Crippen molar-refractivity contribution in [2.45, 2.75) is 33.7 Å². The Morgan fingerprint density at radius 2 is 2.13 bits per heavy atom. The Hall–Kier alpha value is -0.800. The lowest BCUT2D eigenvalue weighted by molar-refractivity contribution is 0.473. The van der Waals surface area contributed by atoms with Gasteiger partial charge in [-0.05, 0) is 39.3 Å². The Morgan fingerprint density at radius 1 is 1.35 bits per heavy atom. The van der Waals surface area contributed by atoms with Crippen molar-refractivity contribution in [2.75, 3.05) is 13.1 Å². The van der Waals surface area contributed by atoms with Crippen LogP contribution in [0.25, 0.3) is 0 Å². The van der Waals surface area contributed by atoms with E-state index in [0.717, 1.165) is 41.3 Å². The molecule has 0 aliphatic rings. The molecule has 0 atom stereocenters. The largest absolute Gasteiger partial charge is 0.444 e. The molecule has 0 saturated heterocycles. The Morgan fingerprint density at radius 3 is 2.70 bits per heavy atom. The van der Waals surface area contributed by atoms with Gasteiger partial charge in [0.2, 0.25) is 5.89 Å². The molecule has 2 N–H and O–H groups in total. The maximum atomic E-state index is 5.93. The van der Waals surface area contributed by atoms with E-state index in [4.69, 9.17) is 16.0 Å². The molecule has 5 nitrogen and oxygen atoms in total. The molecule has 0 aliphatic heterocycles. The fourth-order valence-electron chi connectivity index (χ4n) is 1.89. The van der Waals surface area contributed by atoms with Gasteiger partial charge in [0.05, 0.1) is 10.0 Å². The SMILES string of the molecule is CCNC(=NCc1nc(C)c(C)o1)NCCc1ccc(Cl)s1.I. The Labute approximate surface area is 163 Å². The maximum Gasteiger partial charge on any atom is 0.216 e. The molecule has 2 aromatic rings. The number of aryl methyl sites for hydroxylation is 2. The van der Waals surface area contributed by atoms with Crippen LogP contribution >= 0.6 is 46.9 Å². The standard InChI is InChI=1S/C15H21ClN4OS.HI/c1-4-17-15(18-8-7-12-5-6-13(16)22-12)19-9-14-20-10(2)11(3)21-14;/h5-6H,4,7-9H2,1-3H3,(H2,17,18,19);1H. The molecule has 0 saturated carbocycles. The summed E-state index contributed by atoms with van der Waals surface area (Å²) in [4.78, 5) is 10.1. The third-order valence-corrected chi connectivity index (χ3v) is 4.37. The zero-order valence-electron chi connectivity index (χ0n) is 13.5. The molecule has 0 fully saturated rings. The van der Waals surface area contributed by atoms with Gasteiger partial charge in [-0.2, -0.15) is 0 Å². The first-order valence-corrected chi connectivity index (χ1v) is 8.47. The summed E-state index contributed by atoms with van der Waals surface area (Å²) in [6, 6.07) is 3.98. The summed E-state index contributed by atoms with van der Waals surface area (Å²) in [5, 5.41) is 6.52. The van der Waals surface area contributed by atoms with Gasteiger partial charge < -0.3 is 15.1 Å². The monoisotopic (exact) mass is 468 g/mol. The second-order valence-electron chi connectivity index (χ2n) is 4.83. The Kier molecular flexibility index (Phi) is 8.93. The highest BCUT2D eigenvalue weighted by molar-refractivity contribution is 14.0. The molecule has 0 bridgehead atoms. The number of aromatic nitrogens is 1. The van der Waals surface area contributed by atoms with Crippen LogP contribution in [0.3, 0.4) is 0 Å². The number of hydrogen-bond acceptors (Lipinski definition) is 4. The van der Waals surface area contributed by atoms with Crippen LogP contribution in [-0.2, 0) is 13.0 Å². The number of nitrogens with one attached hydrogen (secondary N) is 2. The normalized spacial score (nSPS) is 11.2. The van der Waals surface area contributed by atoms with Crippen molar-refractivity contribution in [3.05, 3.63) is 38.7 Å². The Bertz CT molecular complexity index is 622. The lowest BCUT2D eigenvalue weighted by Crippen LogP contribution is -2.38. The highest BCUT2D eigenvalue weighted by Crippen LogP contribution is 2.21. The number of nitrogens with zero attached hydrogens (tertiary/aromatic N) is 2. The molecule has 2 heterocycles. The first-order chi connectivity index (χ1) is 10.6. The number of aliphatic imine (C=N–C) groups is 1. The van der Waals surface area contributed by atoms with E-state index >= 15 is 0 Å². The average molecular weight is 469 g/mol. The highest BCUT2D eigenvalue weighted by Gasteiger charge is 2.05. The van der Waals surface area contributed by atoms with Gasteiger partial charge in [-0.3, -0.25) is 0 Å². The van der Waals surface area contributed by atoms with E-state index in [0.29, 0.717) is 12.4 Å². The average Bonchev–Trinajstić information content (AvgIpc) is 3.03. The fraction of sp³-hybridized carbons (Fsp3) is 0.467. The molecule has 0 amide bonds. The molecule has 8 heteroatoms. The number of rotatable bonds is 6. The van der Waals surface area contributed by atoms with Crippen molar-refractivity contribution in [2.24, 2.45) is 4.99 Å². The fourth-order valence-corrected chi connectivity index (χ4v) is 2.97. The topological polar surface area (TPSA) is 62.5 Å². The molecular formula is C15H22ClIN4OS. The number of thiophene rings is 1. The van der Waals surface area contributed by atoms with Crippen LogP contribution in [0.15, 0.2) is 21.5 Å². The summed E-state index contributed by atoms with van der Waals surface area (Å²) in [6.45, 7) is 7.91. The van der Waals surface area contributed by atoms with Crippen molar-refractivity contribution in [3.63, 3.8) is 0 Å². The minimum atomic E-state index is 0. The van der Waals surface area contributed by atoms with E-state index in [1.165, 1.54) is 4.88 Å². The van der Waals surface area contributed by atoms with Crippen LogP contribution in [0.1, 0.15) is 29.1 Å². The lowest BCUT2D eigenvalue weighted by Gasteiger charge is -2.10. The van der Waals surface area contributed by atoms with E-state index < -0.39 is 0 Å². The molecule has 2 aromatic heterocycles. The maximum absolute atomic E-state index is 5.93. The van der Waals surface area contributed by atoms with Crippen molar-refractivity contribution >= 4 is 52.9 Å². The third-order valence-electron chi connectivity index (χ3n) is 3.08. The third kappa shape index (κ3) is 6.68. The molecule has 0 aromatic carbocycles. The minimum absolute atomic E-state index is 0. The second-order valence-corrected chi connectivity index (χ2v) is 6.63. The number of guanidine groups is 1. The van der Waals surface area contributed by atoms with Crippen LogP contribution in [0.2, 0.25) is 4.34 Å². The zero-order chi connectivity index (χ0) is 15.9. The molecule has 0 aliphatic carbocycles. The Balaban J connectivity index is 0.00000264. The molecule has 2 rings (SSSR count). The smallest absolute Gasteiger partial charge is 0.216 e. The van der Waals surface area contributed by atoms with Gasteiger partial charge in [-0.25, -0.2) is 9.98 Å². The molecular weight excluding hydrogens is 447 g/mol. The second kappa shape index (κ2) is 10.1. The van der Waals surface area contributed by atoms with Crippen molar-refractivity contribution in [1.29, 1.82) is 0 Å². The number of oxazole rings is 1. The van der Waals surface area contributed by atoms with E-state index in [1.54, 1.807) is 11.3 Å². The predicted octanol–water partition coefficient (Wildman–Crippen LogP) is 3.92. The summed E-state index contributed by atoms with van der Waals surface area (Å²) in [7, 11) is 0. The van der Waals surface area contributed by atoms with Crippen LogP contribution in [0.4, 0.5) is 0 Å². The molecule has 0 unspecified atom stereocenters. The van der Waals surface area contributed by atoms with Gasteiger partial charge in [0.15, 0.2) is 5.96 Å².